The van der Waals surface area contributed by atoms with Gasteiger partial charge >= 0.3 is 0 Å². The van der Waals surface area contributed by atoms with Gasteiger partial charge in [-0.1, -0.05) is 39.6 Å². The molecule has 3 rings (SSSR count). The lowest BCUT2D eigenvalue weighted by Crippen LogP contribution is -2.49. The molecule has 0 aromatic heterocycles. The highest BCUT2D eigenvalue weighted by atomic mass is 16.7. The summed E-state index contributed by atoms with van der Waals surface area (Å²) in [5.74, 6) is -1.02. The van der Waals surface area contributed by atoms with Crippen molar-refractivity contribution in [1.82, 2.24) is 0 Å². The number of azide groups is 1. The number of hydrogen-bond donors (Lipinski definition) is 0. The molecule has 4 atom stereocenters. The van der Waals surface area contributed by atoms with Crippen LogP contribution in [0.5, 0.6) is 0 Å². The van der Waals surface area contributed by atoms with Gasteiger partial charge in [0.15, 0.2) is 5.78 Å². The van der Waals surface area contributed by atoms with Gasteiger partial charge in [-0.3, -0.25) is 4.79 Å². The van der Waals surface area contributed by atoms with Crippen LogP contribution in [-0.4, -0.2) is 30.3 Å². The van der Waals surface area contributed by atoms with Crippen molar-refractivity contribution in [2.45, 2.75) is 78.3 Å². The zero-order valence-electron chi connectivity index (χ0n) is 19.2. The molecule has 6 nitrogen and oxygen atoms in total. The largest absolute Gasteiger partial charge is 0.335 e. The summed E-state index contributed by atoms with van der Waals surface area (Å²) < 4.78 is 13.0. The van der Waals surface area contributed by atoms with Crippen LogP contribution in [0.15, 0.2) is 63.4 Å². The van der Waals surface area contributed by atoms with Gasteiger partial charge in [-0.2, -0.15) is 0 Å². The quantitative estimate of drug-likeness (QED) is 0.218. The van der Waals surface area contributed by atoms with E-state index in [0.717, 1.165) is 24.8 Å². The second-order valence-electron chi connectivity index (χ2n) is 9.18. The van der Waals surface area contributed by atoms with Crippen molar-refractivity contribution in [3.05, 3.63) is 68.7 Å². The molecule has 1 aliphatic carbocycles. The Balaban J connectivity index is 1.88. The molecule has 0 aromatic rings. The van der Waals surface area contributed by atoms with Crippen LogP contribution < -0.4 is 0 Å². The summed E-state index contributed by atoms with van der Waals surface area (Å²) in [5, 5.41) is 3.77. The lowest BCUT2D eigenvalue weighted by molar-refractivity contribution is -0.224. The number of carbonyl (C=O) groups is 1. The second kappa shape index (κ2) is 9.82. The highest BCUT2D eigenvalue weighted by Gasteiger charge is 2.45. The Kier molecular flexibility index (Phi) is 7.37. The molecule has 2 heterocycles. The molecule has 0 amide bonds. The maximum absolute atomic E-state index is 12.3. The first kappa shape index (κ1) is 23.3. The van der Waals surface area contributed by atoms with E-state index in [1.165, 1.54) is 16.7 Å². The molecule has 1 spiro atoms. The summed E-state index contributed by atoms with van der Waals surface area (Å²) >= 11 is 0. The minimum Gasteiger partial charge on any atom is -0.335 e. The molecule has 0 unspecified atom stereocenters. The van der Waals surface area contributed by atoms with Crippen molar-refractivity contribution in [3.8, 4) is 0 Å². The lowest BCUT2D eigenvalue weighted by atomic mass is 9.78. The molecule has 0 N–H and O–H groups in total. The molecule has 0 saturated heterocycles. The topological polar surface area (TPSA) is 84.3 Å². The van der Waals surface area contributed by atoms with Crippen LogP contribution in [-0.2, 0) is 14.3 Å². The summed E-state index contributed by atoms with van der Waals surface area (Å²) in [5.41, 5.74) is 14.3. The average molecular weight is 424 g/mol. The fraction of sp³-hybridized carbons (Fsp3) is 0.560. The van der Waals surface area contributed by atoms with Crippen LogP contribution >= 0.6 is 0 Å². The first-order chi connectivity index (χ1) is 14.7. The Morgan fingerprint density at radius 1 is 1.26 bits per heavy atom. The van der Waals surface area contributed by atoms with Crippen molar-refractivity contribution >= 4 is 5.78 Å². The van der Waals surface area contributed by atoms with Crippen LogP contribution in [0.1, 0.15) is 60.3 Å². The van der Waals surface area contributed by atoms with Gasteiger partial charge in [0, 0.05) is 23.8 Å². The molecular weight excluding hydrogens is 390 g/mol. The van der Waals surface area contributed by atoms with E-state index in [2.05, 4.69) is 49.9 Å². The molecular formula is C25H33N3O3. The fourth-order valence-corrected chi connectivity index (χ4v) is 4.53. The van der Waals surface area contributed by atoms with Gasteiger partial charge < -0.3 is 9.47 Å². The van der Waals surface area contributed by atoms with Crippen molar-refractivity contribution in [2.24, 2.45) is 11.0 Å². The summed E-state index contributed by atoms with van der Waals surface area (Å²) in [6, 6.07) is 0. The average Bonchev–Trinajstić information content (AvgIpc) is 2.66. The number of carbonyl (C=O) groups excluding carboxylic acids is 1. The zero-order valence-corrected chi connectivity index (χ0v) is 19.2. The molecule has 3 aliphatic rings. The van der Waals surface area contributed by atoms with Gasteiger partial charge in [-0.25, -0.2) is 0 Å². The number of rotatable bonds is 6. The van der Waals surface area contributed by atoms with Gasteiger partial charge in [0.2, 0.25) is 5.79 Å². The van der Waals surface area contributed by atoms with Gasteiger partial charge in [-0.15, -0.1) is 0 Å². The number of nitrogens with zero attached hydrogens (tertiary/aromatic N) is 3. The molecule has 2 aliphatic heterocycles. The first-order valence-corrected chi connectivity index (χ1v) is 11.0. The predicted molar refractivity (Wildman–Crippen MR) is 122 cm³/mol. The molecule has 0 saturated carbocycles. The summed E-state index contributed by atoms with van der Waals surface area (Å²) in [6.07, 6.45) is 13.1. The highest BCUT2D eigenvalue weighted by Crippen LogP contribution is 2.42. The van der Waals surface area contributed by atoms with E-state index in [-0.39, 0.29) is 30.5 Å². The van der Waals surface area contributed by atoms with E-state index in [1.807, 2.05) is 25.2 Å². The number of hydrogen-bond acceptors (Lipinski definition) is 4. The standard InChI is InChI=1S/C25H33N3O3/c1-16(2)7-6-8-17(3)9-21-10-18(4)13-25(30-21)14-20(15-27-28-26)22-12-23(29)19(5)11-24(22)31-25/h7,9,11,13-14,21-22,24H,6,8,10,12,15H2,1-5H3/t21-,22-,24-,25+/m0/s1. The second-order valence-corrected chi connectivity index (χ2v) is 9.18. The van der Waals surface area contributed by atoms with Crippen molar-refractivity contribution in [1.29, 1.82) is 0 Å². The Bertz CT molecular complexity index is 930. The Morgan fingerprint density at radius 2 is 2.03 bits per heavy atom. The summed E-state index contributed by atoms with van der Waals surface area (Å²) in [7, 11) is 0. The smallest absolute Gasteiger partial charge is 0.209 e. The van der Waals surface area contributed by atoms with E-state index in [9.17, 15) is 4.79 Å². The number of ketones is 1. The monoisotopic (exact) mass is 423 g/mol. The normalized spacial score (nSPS) is 30.6. The minimum absolute atomic E-state index is 0.0967. The minimum atomic E-state index is -1.01. The summed E-state index contributed by atoms with van der Waals surface area (Å²) in [6.45, 7) is 10.5. The Morgan fingerprint density at radius 3 is 2.74 bits per heavy atom. The molecule has 31 heavy (non-hydrogen) atoms. The van der Waals surface area contributed by atoms with E-state index in [1.54, 1.807) is 0 Å². The van der Waals surface area contributed by atoms with Crippen molar-refractivity contribution in [3.63, 3.8) is 0 Å². The third kappa shape index (κ3) is 5.85. The van der Waals surface area contributed by atoms with Gasteiger partial charge in [0.05, 0.1) is 12.2 Å². The van der Waals surface area contributed by atoms with Crippen LogP contribution in [0.3, 0.4) is 0 Å². The van der Waals surface area contributed by atoms with E-state index in [4.69, 9.17) is 15.0 Å². The molecule has 6 heteroatoms. The third-order valence-electron chi connectivity index (χ3n) is 6.02. The van der Waals surface area contributed by atoms with Crippen LogP contribution in [0.2, 0.25) is 0 Å². The van der Waals surface area contributed by atoms with Gasteiger partial charge in [-0.05, 0) is 83.2 Å². The SMILES string of the molecule is CC(C)=CCCC(C)=C[C@H]1CC(C)=C[C@@]2(C=C(CN=[N+]=[N-])[C@@H]3CC(=O)C(C)=C[C@@H]3O2)O1. The highest BCUT2D eigenvalue weighted by molar-refractivity contribution is 5.96. The lowest BCUT2D eigenvalue weighted by Gasteiger charge is -2.45. The molecule has 0 bridgehead atoms. The molecule has 166 valence electrons. The summed E-state index contributed by atoms with van der Waals surface area (Å²) in [4.78, 5) is 15.2. The van der Waals surface area contributed by atoms with Crippen LogP contribution in [0.4, 0.5) is 0 Å². The number of ether oxygens (including phenoxy) is 2. The third-order valence-corrected chi connectivity index (χ3v) is 6.02. The van der Waals surface area contributed by atoms with Crippen molar-refractivity contribution < 1.29 is 14.3 Å². The van der Waals surface area contributed by atoms with E-state index in [0.29, 0.717) is 12.0 Å². The molecule has 0 aromatic carbocycles. The number of Topliss-reactive ketones (excluding diaryl/α,β-unsaturated/α-hetero) is 1. The predicted octanol–water partition coefficient (Wildman–Crippen LogP) is 6.28. The van der Waals surface area contributed by atoms with Crippen LogP contribution in [0.25, 0.3) is 10.4 Å². The van der Waals surface area contributed by atoms with Crippen molar-refractivity contribution in [2.75, 3.05) is 6.54 Å². The zero-order chi connectivity index (χ0) is 22.6. The maximum Gasteiger partial charge on any atom is 0.209 e. The Labute approximate surface area is 185 Å². The van der Waals surface area contributed by atoms with E-state index < -0.39 is 5.79 Å². The van der Waals surface area contributed by atoms with Gasteiger partial charge in [0.25, 0.3) is 0 Å². The number of allylic oxidation sites excluding steroid dienone is 4. The number of fused-ring (bicyclic) bond motifs is 1. The van der Waals surface area contributed by atoms with E-state index >= 15 is 0 Å². The van der Waals surface area contributed by atoms with Gasteiger partial charge in [0.1, 0.15) is 0 Å². The fourth-order valence-electron chi connectivity index (χ4n) is 4.53. The maximum atomic E-state index is 12.3. The first-order valence-electron chi connectivity index (χ1n) is 11.0. The van der Waals surface area contributed by atoms with Crippen LogP contribution in [0, 0.1) is 5.92 Å². The molecule has 0 radical (unpaired) electrons. The molecule has 0 fully saturated rings. The Hall–Kier alpha value is -2.40.